The first-order chi connectivity index (χ1) is 24.1. The SMILES string of the molecule is CCc1cc(Nc2ncc(Cl)c(Nc3ccc(-c4nccc(OC)n4)cc3P(C)(C)=O)n2)c(OC)cc1N1CCC(N2CCN(C)CC2)CC1. The molecule has 2 aliphatic rings. The number of rotatable bonds is 11. The van der Waals surface area contributed by atoms with E-state index in [-0.39, 0.29) is 0 Å². The number of methoxy groups -OCH3 is 2. The van der Waals surface area contributed by atoms with Gasteiger partial charge in [0.15, 0.2) is 11.6 Å². The molecule has 2 fully saturated rings. The van der Waals surface area contributed by atoms with E-state index >= 15 is 0 Å². The minimum absolute atomic E-state index is 0.320. The van der Waals surface area contributed by atoms with Gasteiger partial charge in [0.05, 0.1) is 31.8 Å². The summed E-state index contributed by atoms with van der Waals surface area (Å²) in [5, 5.41) is 7.60. The lowest BCUT2D eigenvalue weighted by atomic mass is 9.99. The third-order valence-electron chi connectivity index (χ3n) is 9.56. The molecule has 266 valence electrons. The maximum Gasteiger partial charge on any atom is 0.229 e. The Morgan fingerprint density at radius 1 is 0.920 bits per heavy atom. The normalized spacial score (nSPS) is 16.3. The van der Waals surface area contributed by atoms with E-state index in [1.54, 1.807) is 46.0 Å². The fourth-order valence-electron chi connectivity index (χ4n) is 6.70. The highest BCUT2D eigenvalue weighted by Crippen LogP contribution is 2.41. The van der Waals surface area contributed by atoms with Crippen molar-refractivity contribution in [3.63, 3.8) is 0 Å². The number of hydrogen-bond acceptors (Lipinski definition) is 12. The van der Waals surface area contributed by atoms with Crippen molar-refractivity contribution in [1.29, 1.82) is 0 Å². The van der Waals surface area contributed by atoms with Gasteiger partial charge in [0.2, 0.25) is 11.8 Å². The fourth-order valence-corrected chi connectivity index (χ4v) is 8.00. The van der Waals surface area contributed by atoms with Crippen LogP contribution >= 0.6 is 18.7 Å². The number of aryl methyl sites for hydroxylation is 1. The number of anilines is 5. The molecule has 50 heavy (non-hydrogen) atoms. The lowest BCUT2D eigenvalue weighted by Crippen LogP contribution is -2.52. The molecule has 14 heteroatoms. The summed E-state index contributed by atoms with van der Waals surface area (Å²) >= 11 is 6.60. The highest BCUT2D eigenvalue weighted by molar-refractivity contribution is 7.70. The van der Waals surface area contributed by atoms with Gasteiger partial charge in [-0.15, -0.1) is 0 Å². The van der Waals surface area contributed by atoms with Crippen LogP contribution in [0.3, 0.4) is 0 Å². The third-order valence-corrected chi connectivity index (χ3v) is 11.4. The van der Waals surface area contributed by atoms with Gasteiger partial charge in [-0.25, -0.2) is 9.97 Å². The molecule has 6 rings (SSSR count). The van der Waals surface area contributed by atoms with E-state index in [0.29, 0.717) is 56.8 Å². The van der Waals surface area contributed by atoms with Crippen LogP contribution < -0.4 is 30.3 Å². The summed E-state index contributed by atoms with van der Waals surface area (Å²) in [6.45, 7) is 12.3. The molecule has 12 nitrogen and oxygen atoms in total. The second-order valence-electron chi connectivity index (χ2n) is 13.2. The Balaban J connectivity index is 1.21. The maximum atomic E-state index is 13.5. The number of aromatic nitrogens is 4. The van der Waals surface area contributed by atoms with Gasteiger partial charge in [-0.3, -0.25) is 4.90 Å². The summed E-state index contributed by atoms with van der Waals surface area (Å²) < 4.78 is 24.6. The van der Waals surface area contributed by atoms with Crippen molar-refractivity contribution < 1.29 is 14.0 Å². The first kappa shape index (κ1) is 35.9. The number of hydrogen-bond donors (Lipinski definition) is 2. The smallest absolute Gasteiger partial charge is 0.229 e. The first-order valence-electron chi connectivity index (χ1n) is 17.1. The second kappa shape index (κ2) is 15.5. The predicted octanol–water partition coefficient (Wildman–Crippen LogP) is 6.12. The standard InChI is InChI=1S/C36H47ClN9O3P/c1-7-24-20-29(31(48-3)22-30(24)46-14-11-26(12-15-46)45-18-16-44(2)17-19-45)41-36-39-23-27(37)35(43-36)40-28-9-8-25(21-32(28)50(5,6)47)34-38-13-10-33(42-34)49-4/h8-10,13,20-23,26H,7,11-12,14-19H2,1-6H3,(H2,39,40,41,43). The Bertz CT molecular complexity index is 1860. The molecule has 0 spiro atoms. The Morgan fingerprint density at radius 3 is 2.36 bits per heavy atom. The van der Waals surface area contributed by atoms with Gasteiger partial charge in [-0.2, -0.15) is 9.97 Å². The van der Waals surface area contributed by atoms with Crippen molar-refractivity contribution >= 4 is 52.9 Å². The molecule has 2 aliphatic heterocycles. The van der Waals surface area contributed by atoms with Crippen molar-refractivity contribution in [2.45, 2.75) is 32.2 Å². The van der Waals surface area contributed by atoms with Crippen LogP contribution in [0.15, 0.2) is 48.8 Å². The molecule has 0 unspecified atom stereocenters. The zero-order valence-electron chi connectivity index (χ0n) is 29.7. The molecule has 2 N–H and O–H groups in total. The van der Waals surface area contributed by atoms with E-state index < -0.39 is 7.14 Å². The number of nitrogens with zero attached hydrogens (tertiary/aromatic N) is 7. The van der Waals surface area contributed by atoms with Crippen LogP contribution in [-0.4, -0.2) is 110 Å². The van der Waals surface area contributed by atoms with Gasteiger partial charge in [-0.1, -0.05) is 18.5 Å². The van der Waals surface area contributed by atoms with E-state index in [0.717, 1.165) is 64.2 Å². The van der Waals surface area contributed by atoms with E-state index in [9.17, 15) is 4.57 Å². The molecule has 2 aromatic carbocycles. The molecule has 4 heterocycles. The number of nitrogens with one attached hydrogen (secondary N) is 2. The molecule has 0 radical (unpaired) electrons. The Hall–Kier alpha value is -3.96. The van der Waals surface area contributed by atoms with Gasteiger partial charge in [0.25, 0.3) is 0 Å². The van der Waals surface area contributed by atoms with Gasteiger partial charge < -0.3 is 34.5 Å². The minimum atomic E-state index is -2.77. The van der Waals surface area contributed by atoms with Crippen LogP contribution in [0.2, 0.25) is 5.02 Å². The monoisotopic (exact) mass is 719 g/mol. The highest BCUT2D eigenvalue weighted by atomic mass is 35.5. The predicted molar refractivity (Wildman–Crippen MR) is 203 cm³/mol. The van der Waals surface area contributed by atoms with Gasteiger partial charge in [-0.05, 0) is 69.5 Å². The molecule has 4 aromatic rings. The summed E-state index contributed by atoms with van der Waals surface area (Å²) in [5.74, 6) is 2.35. The second-order valence-corrected chi connectivity index (χ2v) is 16.8. The quantitative estimate of drug-likeness (QED) is 0.174. The molecule has 0 saturated carbocycles. The minimum Gasteiger partial charge on any atom is -0.494 e. The number of likely N-dealkylation sites (N-methyl/N-ethyl adjacent to an activating group) is 1. The van der Waals surface area contributed by atoms with Crippen LogP contribution in [0.4, 0.5) is 28.8 Å². The van der Waals surface area contributed by atoms with Crippen molar-refractivity contribution in [1.82, 2.24) is 29.7 Å². The lowest BCUT2D eigenvalue weighted by Gasteiger charge is -2.43. The summed E-state index contributed by atoms with van der Waals surface area (Å²) in [6.07, 6.45) is 6.36. The van der Waals surface area contributed by atoms with E-state index in [4.69, 9.17) is 26.1 Å². The lowest BCUT2D eigenvalue weighted by molar-refractivity contribution is 0.0982. The molecule has 0 bridgehead atoms. The van der Waals surface area contributed by atoms with Gasteiger partial charge >= 0.3 is 0 Å². The fraction of sp³-hybridized carbons (Fsp3) is 0.444. The molecule has 0 aliphatic carbocycles. The van der Waals surface area contributed by atoms with Crippen molar-refractivity contribution in [2.75, 3.05) is 89.4 Å². The molecule has 0 atom stereocenters. The number of halogens is 1. The average Bonchev–Trinajstić information content (AvgIpc) is 3.13. The number of piperazine rings is 1. The number of piperidine rings is 1. The van der Waals surface area contributed by atoms with Crippen molar-refractivity contribution in [3.8, 4) is 23.0 Å². The average molecular weight is 720 g/mol. The maximum absolute atomic E-state index is 13.5. The van der Waals surface area contributed by atoms with E-state index in [1.165, 1.54) is 11.3 Å². The Labute approximate surface area is 300 Å². The molecular formula is C36H47ClN9O3P. The molecule has 2 saturated heterocycles. The topological polar surface area (TPSA) is 121 Å². The summed E-state index contributed by atoms with van der Waals surface area (Å²) in [5.41, 5.74) is 4.54. The van der Waals surface area contributed by atoms with E-state index in [2.05, 4.69) is 66.4 Å². The van der Waals surface area contributed by atoms with Crippen LogP contribution in [0.5, 0.6) is 11.6 Å². The van der Waals surface area contributed by atoms with Crippen LogP contribution in [-0.2, 0) is 11.0 Å². The van der Waals surface area contributed by atoms with E-state index in [1.807, 2.05) is 18.2 Å². The third kappa shape index (κ3) is 8.15. The summed E-state index contributed by atoms with van der Waals surface area (Å²) in [7, 11) is 2.68. The van der Waals surface area contributed by atoms with Crippen LogP contribution in [0.25, 0.3) is 11.4 Å². The number of benzene rings is 2. The number of ether oxygens (including phenoxy) is 2. The van der Waals surface area contributed by atoms with Crippen molar-refractivity contribution in [2.24, 2.45) is 0 Å². The highest BCUT2D eigenvalue weighted by Gasteiger charge is 2.28. The molecule has 2 aromatic heterocycles. The Morgan fingerprint density at radius 2 is 1.68 bits per heavy atom. The zero-order valence-corrected chi connectivity index (χ0v) is 31.4. The molecule has 0 amide bonds. The Kier molecular flexibility index (Phi) is 11.1. The first-order valence-corrected chi connectivity index (χ1v) is 20.1. The molecular weight excluding hydrogens is 673 g/mol. The summed E-state index contributed by atoms with van der Waals surface area (Å²) in [4.78, 5) is 25.6. The zero-order chi connectivity index (χ0) is 35.4. The van der Waals surface area contributed by atoms with Gasteiger partial charge in [0.1, 0.15) is 17.9 Å². The largest absolute Gasteiger partial charge is 0.494 e. The van der Waals surface area contributed by atoms with Crippen LogP contribution in [0, 0.1) is 0 Å². The van der Waals surface area contributed by atoms with Crippen LogP contribution in [0.1, 0.15) is 25.3 Å². The summed E-state index contributed by atoms with van der Waals surface area (Å²) in [6, 6.07) is 12.1. The van der Waals surface area contributed by atoms with Crippen molar-refractivity contribution in [3.05, 3.63) is 59.4 Å². The van der Waals surface area contributed by atoms with Gasteiger partial charge in [0, 0.05) is 80.2 Å².